The minimum atomic E-state index is -1.45. The Morgan fingerprint density at radius 1 is 1.21 bits per heavy atom. The molecule has 4 nitrogen and oxygen atoms in total. The number of halogens is 2. The van der Waals surface area contributed by atoms with Crippen LogP contribution in [0.1, 0.15) is 58.3 Å². The first kappa shape index (κ1) is 18.2. The number of carboxylic acids is 1. The smallest absolute Gasteiger partial charge is 0.308 e. The number of carbonyl (C=O) groups excluding carboxylic acids is 1. The highest BCUT2D eigenvalue weighted by Gasteiger charge is 2.32. The number of aliphatic carboxylic acids is 1. The van der Waals surface area contributed by atoms with Crippen molar-refractivity contribution in [1.82, 2.24) is 0 Å². The van der Waals surface area contributed by atoms with Crippen LogP contribution in [0.15, 0.2) is 0 Å². The van der Waals surface area contributed by atoms with Gasteiger partial charge in [0.25, 0.3) is 0 Å². The molecule has 0 aliphatic heterocycles. The molecule has 0 radical (unpaired) electrons. The van der Waals surface area contributed by atoms with Crippen molar-refractivity contribution in [3.05, 3.63) is 0 Å². The van der Waals surface area contributed by atoms with Crippen LogP contribution in [-0.2, 0) is 14.3 Å². The second-order valence-electron chi connectivity index (χ2n) is 4.49. The quantitative estimate of drug-likeness (QED) is 0.359. The Hall–Kier alpha value is -0.840. The molecular formula is C13H22ClFO4. The average molecular weight is 297 g/mol. The van der Waals surface area contributed by atoms with Crippen LogP contribution < -0.4 is 0 Å². The first-order valence-corrected chi connectivity index (χ1v) is 7.00. The topological polar surface area (TPSA) is 63.6 Å². The minimum absolute atomic E-state index is 0.212. The summed E-state index contributed by atoms with van der Waals surface area (Å²) >= 11 is 5.93. The number of ether oxygens (including phenoxy) is 1. The molecule has 1 unspecified atom stereocenters. The molecule has 1 atom stereocenters. The van der Waals surface area contributed by atoms with Crippen molar-refractivity contribution in [2.75, 3.05) is 6.67 Å². The maximum atomic E-state index is 11.8. The molecule has 0 aromatic rings. The fourth-order valence-corrected chi connectivity index (χ4v) is 1.81. The fourth-order valence-electron chi connectivity index (χ4n) is 1.61. The predicted octanol–water partition coefficient (Wildman–Crippen LogP) is 3.66. The fraction of sp³-hybridized carbons (Fsp3) is 0.846. The summed E-state index contributed by atoms with van der Waals surface area (Å²) in [4.78, 5) is 22.1. The molecule has 0 amide bonds. The van der Waals surface area contributed by atoms with Crippen molar-refractivity contribution >= 4 is 23.5 Å². The molecule has 0 bridgehead atoms. The number of rotatable bonds is 11. The Balaban J connectivity index is 3.85. The van der Waals surface area contributed by atoms with Crippen molar-refractivity contribution in [2.24, 2.45) is 0 Å². The van der Waals surface area contributed by atoms with E-state index < -0.39 is 23.4 Å². The van der Waals surface area contributed by atoms with Crippen molar-refractivity contribution in [3.8, 4) is 0 Å². The van der Waals surface area contributed by atoms with Gasteiger partial charge in [-0.05, 0) is 19.3 Å². The maximum Gasteiger partial charge on any atom is 0.308 e. The summed E-state index contributed by atoms with van der Waals surface area (Å²) < 4.78 is 16.8. The standard InChI is InChI=1S/C13H22ClFO4/c1-2-13(14,10-11(16)17)19-12(18)8-6-4-3-5-7-9-15/h2-10H2,1H3,(H,16,17). The number of hydrogen-bond donors (Lipinski definition) is 1. The van der Waals surface area contributed by atoms with Gasteiger partial charge in [0.1, 0.15) is 0 Å². The van der Waals surface area contributed by atoms with E-state index in [4.69, 9.17) is 21.4 Å². The molecule has 0 aromatic heterocycles. The van der Waals surface area contributed by atoms with Gasteiger partial charge in [0.15, 0.2) is 5.06 Å². The zero-order valence-corrected chi connectivity index (χ0v) is 12.0. The van der Waals surface area contributed by atoms with Gasteiger partial charge in [0.2, 0.25) is 0 Å². The number of unbranched alkanes of at least 4 members (excludes halogenated alkanes) is 4. The molecule has 0 rings (SSSR count). The summed E-state index contributed by atoms with van der Waals surface area (Å²) in [5.41, 5.74) is 0. The molecule has 112 valence electrons. The Bertz CT molecular complexity index is 286. The summed E-state index contributed by atoms with van der Waals surface area (Å²) in [6.07, 6.45) is 3.78. The Morgan fingerprint density at radius 2 is 1.79 bits per heavy atom. The van der Waals surface area contributed by atoms with Crippen molar-refractivity contribution in [2.45, 2.75) is 63.4 Å². The third-order valence-electron chi connectivity index (χ3n) is 2.75. The number of carboxylic acid groups (broad SMARTS) is 1. The van der Waals surface area contributed by atoms with E-state index in [2.05, 4.69) is 0 Å². The van der Waals surface area contributed by atoms with E-state index in [0.29, 0.717) is 12.8 Å². The lowest BCUT2D eigenvalue weighted by Gasteiger charge is -2.23. The van der Waals surface area contributed by atoms with E-state index in [1.54, 1.807) is 6.92 Å². The lowest BCUT2D eigenvalue weighted by molar-refractivity contribution is -0.156. The van der Waals surface area contributed by atoms with Crippen LogP contribution in [0.3, 0.4) is 0 Å². The van der Waals surface area contributed by atoms with Gasteiger partial charge in [0.05, 0.1) is 13.1 Å². The van der Waals surface area contributed by atoms with Crippen LogP contribution in [0.4, 0.5) is 4.39 Å². The number of esters is 1. The Labute approximate surface area is 118 Å². The van der Waals surface area contributed by atoms with Gasteiger partial charge >= 0.3 is 11.9 Å². The lowest BCUT2D eigenvalue weighted by Crippen LogP contribution is -2.31. The van der Waals surface area contributed by atoms with Gasteiger partial charge in [0, 0.05) is 6.42 Å². The summed E-state index contributed by atoms with van der Waals surface area (Å²) in [6.45, 7) is 1.36. The van der Waals surface area contributed by atoms with Crippen LogP contribution in [0.2, 0.25) is 0 Å². The van der Waals surface area contributed by atoms with Crippen LogP contribution in [0.25, 0.3) is 0 Å². The highest BCUT2D eigenvalue weighted by molar-refractivity contribution is 6.24. The number of hydrogen-bond acceptors (Lipinski definition) is 3. The SMILES string of the molecule is CCC(Cl)(CC(=O)O)OC(=O)CCCCCCCF. The van der Waals surface area contributed by atoms with Crippen LogP contribution in [0, 0.1) is 0 Å². The maximum absolute atomic E-state index is 11.8. The van der Waals surface area contributed by atoms with E-state index in [-0.39, 0.29) is 19.5 Å². The molecule has 0 aliphatic carbocycles. The summed E-state index contributed by atoms with van der Waals surface area (Å²) in [5, 5.41) is 7.24. The zero-order chi connectivity index (χ0) is 14.7. The average Bonchev–Trinajstić information content (AvgIpc) is 2.32. The first-order valence-electron chi connectivity index (χ1n) is 6.62. The van der Waals surface area contributed by atoms with Gasteiger partial charge in [-0.1, -0.05) is 37.8 Å². The third kappa shape index (κ3) is 9.70. The van der Waals surface area contributed by atoms with Gasteiger partial charge in [-0.3, -0.25) is 14.0 Å². The molecular weight excluding hydrogens is 275 g/mol. The second kappa shape index (κ2) is 10.0. The van der Waals surface area contributed by atoms with Gasteiger partial charge in [-0.15, -0.1) is 0 Å². The zero-order valence-electron chi connectivity index (χ0n) is 11.3. The minimum Gasteiger partial charge on any atom is -0.481 e. The van der Waals surface area contributed by atoms with E-state index >= 15 is 0 Å². The molecule has 0 aliphatic rings. The predicted molar refractivity (Wildman–Crippen MR) is 70.9 cm³/mol. The normalized spacial score (nSPS) is 13.8. The molecule has 0 aromatic carbocycles. The Morgan fingerprint density at radius 3 is 2.32 bits per heavy atom. The van der Waals surface area contributed by atoms with E-state index in [9.17, 15) is 14.0 Å². The van der Waals surface area contributed by atoms with E-state index in [1.807, 2.05) is 0 Å². The summed E-state index contributed by atoms with van der Waals surface area (Å²) in [5.74, 6) is -1.58. The molecule has 0 saturated heterocycles. The van der Waals surface area contributed by atoms with Gasteiger partial charge in [-0.2, -0.15) is 0 Å². The summed E-state index contributed by atoms with van der Waals surface area (Å²) in [7, 11) is 0. The molecule has 19 heavy (non-hydrogen) atoms. The highest BCUT2D eigenvalue weighted by atomic mass is 35.5. The lowest BCUT2D eigenvalue weighted by atomic mass is 10.1. The highest BCUT2D eigenvalue weighted by Crippen LogP contribution is 2.26. The molecule has 0 spiro atoms. The van der Waals surface area contributed by atoms with Gasteiger partial charge < -0.3 is 9.84 Å². The number of alkyl halides is 2. The van der Waals surface area contributed by atoms with Crippen LogP contribution in [0.5, 0.6) is 0 Å². The van der Waals surface area contributed by atoms with Crippen LogP contribution in [-0.4, -0.2) is 28.8 Å². The van der Waals surface area contributed by atoms with E-state index in [1.165, 1.54) is 0 Å². The summed E-state index contributed by atoms with van der Waals surface area (Å²) in [6, 6.07) is 0. The molecule has 0 saturated carbocycles. The largest absolute Gasteiger partial charge is 0.481 e. The monoisotopic (exact) mass is 296 g/mol. The molecule has 0 fully saturated rings. The molecule has 6 heteroatoms. The van der Waals surface area contributed by atoms with Crippen molar-refractivity contribution in [3.63, 3.8) is 0 Å². The van der Waals surface area contributed by atoms with Crippen molar-refractivity contribution in [1.29, 1.82) is 0 Å². The van der Waals surface area contributed by atoms with Crippen LogP contribution >= 0.6 is 11.6 Å². The number of carbonyl (C=O) groups is 2. The third-order valence-corrected chi connectivity index (χ3v) is 3.23. The first-order chi connectivity index (χ1) is 8.93. The molecule has 0 heterocycles. The van der Waals surface area contributed by atoms with Gasteiger partial charge in [-0.25, -0.2) is 0 Å². The van der Waals surface area contributed by atoms with Crippen molar-refractivity contribution < 1.29 is 23.8 Å². The molecule has 1 N–H and O–H groups in total. The van der Waals surface area contributed by atoms with E-state index in [0.717, 1.165) is 19.3 Å². The Kier molecular flexibility index (Phi) is 9.57. The second-order valence-corrected chi connectivity index (χ2v) is 5.18.